The van der Waals surface area contributed by atoms with Gasteiger partial charge in [-0.25, -0.2) is 0 Å². The van der Waals surface area contributed by atoms with E-state index >= 15 is 0 Å². The van der Waals surface area contributed by atoms with E-state index in [9.17, 15) is 9.90 Å². The van der Waals surface area contributed by atoms with E-state index in [1.165, 1.54) is 89.9 Å². The van der Waals surface area contributed by atoms with Crippen LogP contribution in [0, 0.1) is 0 Å². The van der Waals surface area contributed by atoms with Crippen LogP contribution in [0.2, 0.25) is 0 Å². The van der Waals surface area contributed by atoms with Crippen LogP contribution in [0.4, 0.5) is 0 Å². The van der Waals surface area contributed by atoms with Gasteiger partial charge < -0.3 is 14.7 Å². The average molecular weight is 628 g/mol. The number of rotatable bonds is 12. The Labute approximate surface area is 279 Å². The molecule has 0 spiro atoms. The van der Waals surface area contributed by atoms with Crippen LogP contribution in [0.15, 0.2) is 47.6 Å². The molecule has 0 fully saturated rings. The second kappa shape index (κ2) is 29.7. The lowest BCUT2D eigenvalue weighted by molar-refractivity contribution is -0.156. The number of hydrogen-bond donors (Lipinski definition) is 1. The number of carbonyl (C=O) groups is 1. The van der Waals surface area contributed by atoms with Crippen LogP contribution in [-0.2, 0) is 9.53 Å². The minimum absolute atomic E-state index is 0.182. The molecule has 0 aromatic heterocycles. The third-order valence-electron chi connectivity index (χ3n) is 9.05. The molecule has 1 rings (SSSR count). The van der Waals surface area contributed by atoms with E-state index in [2.05, 4.69) is 50.3 Å². The number of aliphatic hydroxyl groups is 1. The number of hydrogen-bond acceptors (Lipinski definition) is 4. The maximum Gasteiger partial charge on any atom is 0.307 e. The van der Waals surface area contributed by atoms with E-state index in [1.807, 2.05) is 19.0 Å². The Hall–Kier alpha value is -1.65. The van der Waals surface area contributed by atoms with E-state index in [1.54, 1.807) is 11.1 Å². The van der Waals surface area contributed by atoms with Gasteiger partial charge in [0.2, 0.25) is 0 Å². The van der Waals surface area contributed by atoms with E-state index in [0.29, 0.717) is 13.0 Å². The molecule has 4 heteroatoms. The maximum absolute atomic E-state index is 12.5. The SMILES string of the molecule is CCCCCC1=CCC=CCCCCCCCC(O)C(OC(=O)CCN(C)C)CCCCCCCC=CCC=C1CCCCC. The van der Waals surface area contributed by atoms with Crippen molar-refractivity contribution in [3.05, 3.63) is 47.6 Å². The first-order chi connectivity index (χ1) is 22.0. The Balaban J connectivity index is 2.81. The van der Waals surface area contributed by atoms with Gasteiger partial charge in [-0.1, -0.05) is 121 Å². The van der Waals surface area contributed by atoms with Gasteiger partial charge in [-0.3, -0.25) is 4.79 Å². The summed E-state index contributed by atoms with van der Waals surface area (Å²) in [5, 5.41) is 10.9. The van der Waals surface area contributed by atoms with Crippen LogP contribution in [-0.4, -0.2) is 48.8 Å². The Kier molecular flexibility index (Phi) is 27.3. The molecule has 1 aliphatic carbocycles. The van der Waals surface area contributed by atoms with Crippen molar-refractivity contribution < 1.29 is 14.6 Å². The molecule has 2 unspecified atom stereocenters. The van der Waals surface area contributed by atoms with Crippen molar-refractivity contribution in [2.45, 2.75) is 187 Å². The molecule has 0 saturated carbocycles. The van der Waals surface area contributed by atoms with Crippen LogP contribution in [0.25, 0.3) is 0 Å². The van der Waals surface area contributed by atoms with Gasteiger partial charge in [0.1, 0.15) is 6.10 Å². The Bertz CT molecular complexity index is 825. The fourth-order valence-corrected chi connectivity index (χ4v) is 6.11. The van der Waals surface area contributed by atoms with Gasteiger partial charge in [0.15, 0.2) is 0 Å². The zero-order valence-electron chi connectivity index (χ0n) is 30.2. The molecular formula is C41H73NO3. The standard InChI is InChI=1S/C41H73NO3/c1-5-7-23-29-37-31-25-19-15-11-9-13-17-21-27-33-39(43)40(45-41(44)35-36-42(3)4)34-28-22-18-14-10-12-16-20-26-32-38(37)30-24-8-6-2/h15-16,19-20,31-32,39-40,43H,5-14,17-18,21-30,33-36H2,1-4H3. The van der Waals surface area contributed by atoms with Gasteiger partial charge in [0.05, 0.1) is 12.5 Å². The molecule has 0 saturated heterocycles. The summed E-state index contributed by atoms with van der Waals surface area (Å²) in [6.07, 6.45) is 41.7. The van der Waals surface area contributed by atoms with Crippen molar-refractivity contribution in [2.75, 3.05) is 20.6 Å². The Morgan fingerprint density at radius 1 is 0.711 bits per heavy atom. The molecule has 4 nitrogen and oxygen atoms in total. The smallest absolute Gasteiger partial charge is 0.307 e. The Morgan fingerprint density at radius 3 is 1.71 bits per heavy atom. The number of aliphatic hydroxyl groups excluding tert-OH is 1. The molecule has 0 heterocycles. The van der Waals surface area contributed by atoms with E-state index in [-0.39, 0.29) is 12.1 Å². The summed E-state index contributed by atoms with van der Waals surface area (Å²) in [6.45, 7) is 5.28. The molecule has 0 amide bonds. The van der Waals surface area contributed by atoms with Crippen molar-refractivity contribution in [1.29, 1.82) is 0 Å². The fraction of sp³-hybridized carbons (Fsp3) is 0.780. The quantitative estimate of drug-likeness (QED) is 0.133. The molecule has 0 aromatic carbocycles. The summed E-state index contributed by atoms with van der Waals surface area (Å²) in [4.78, 5) is 14.5. The molecule has 0 bridgehead atoms. The predicted molar refractivity (Wildman–Crippen MR) is 196 cm³/mol. The average Bonchev–Trinajstić information content (AvgIpc) is 3.02. The highest BCUT2D eigenvalue weighted by Gasteiger charge is 2.23. The van der Waals surface area contributed by atoms with E-state index in [4.69, 9.17) is 4.74 Å². The number of nitrogens with zero attached hydrogens (tertiary/aromatic N) is 1. The zero-order chi connectivity index (χ0) is 32.8. The largest absolute Gasteiger partial charge is 0.460 e. The van der Waals surface area contributed by atoms with Gasteiger partial charge in [0.25, 0.3) is 0 Å². The summed E-state index contributed by atoms with van der Waals surface area (Å²) < 4.78 is 5.82. The lowest BCUT2D eigenvalue weighted by atomic mass is 9.93. The van der Waals surface area contributed by atoms with E-state index in [0.717, 1.165) is 64.2 Å². The van der Waals surface area contributed by atoms with Crippen LogP contribution in [0.3, 0.4) is 0 Å². The number of esters is 1. The first-order valence-electron chi connectivity index (χ1n) is 19.2. The van der Waals surface area contributed by atoms with Gasteiger partial charge >= 0.3 is 5.97 Å². The second-order valence-electron chi connectivity index (χ2n) is 13.6. The highest BCUT2D eigenvalue weighted by atomic mass is 16.6. The molecular weight excluding hydrogens is 554 g/mol. The number of carbonyl (C=O) groups excluding carboxylic acids is 1. The third-order valence-corrected chi connectivity index (χ3v) is 9.05. The molecule has 0 aromatic rings. The summed E-state index contributed by atoms with van der Waals surface area (Å²) >= 11 is 0. The molecule has 45 heavy (non-hydrogen) atoms. The lowest BCUT2D eigenvalue weighted by Crippen LogP contribution is -2.32. The van der Waals surface area contributed by atoms with E-state index < -0.39 is 6.10 Å². The summed E-state index contributed by atoms with van der Waals surface area (Å²) in [5.41, 5.74) is 3.21. The lowest BCUT2D eigenvalue weighted by Gasteiger charge is -2.24. The minimum atomic E-state index is -0.555. The predicted octanol–water partition coefficient (Wildman–Crippen LogP) is 11.6. The first kappa shape index (κ1) is 41.4. The van der Waals surface area contributed by atoms with Crippen LogP contribution in [0.1, 0.15) is 174 Å². The van der Waals surface area contributed by atoms with Crippen molar-refractivity contribution in [1.82, 2.24) is 4.90 Å². The van der Waals surface area contributed by atoms with Crippen LogP contribution >= 0.6 is 0 Å². The number of allylic oxidation sites excluding steroid dienone is 8. The molecule has 0 aliphatic heterocycles. The number of ether oxygens (including phenoxy) is 1. The molecule has 1 N–H and O–H groups in total. The normalized spacial score (nSPS) is 21.3. The number of unbranched alkanes of at least 4 members (excludes halogenated alkanes) is 4. The topological polar surface area (TPSA) is 49.8 Å². The van der Waals surface area contributed by atoms with Gasteiger partial charge in [-0.05, 0) is 109 Å². The van der Waals surface area contributed by atoms with Crippen molar-refractivity contribution in [2.24, 2.45) is 0 Å². The molecule has 0 radical (unpaired) electrons. The summed E-state index contributed by atoms with van der Waals surface area (Å²) in [6, 6.07) is 0. The highest BCUT2D eigenvalue weighted by molar-refractivity contribution is 5.69. The van der Waals surface area contributed by atoms with Gasteiger partial charge in [-0.2, -0.15) is 0 Å². The monoisotopic (exact) mass is 628 g/mol. The van der Waals surface area contributed by atoms with Gasteiger partial charge in [-0.15, -0.1) is 0 Å². The molecule has 2 atom stereocenters. The third kappa shape index (κ3) is 24.2. The molecule has 260 valence electrons. The van der Waals surface area contributed by atoms with Gasteiger partial charge in [0, 0.05) is 6.54 Å². The summed E-state index contributed by atoms with van der Waals surface area (Å²) in [7, 11) is 3.93. The highest BCUT2D eigenvalue weighted by Crippen LogP contribution is 2.25. The zero-order valence-corrected chi connectivity index (χ0v) is 30.2. The summed E-state index contributed by atoms with van der Waals surface area (Å²) in [5.74, 6) is -0.182. The Morgan fingerprint density at radius 2 is 1.20 bits per heavy atom. The van der Waals surface area contributed by atoms with Crippen LogP contribution in [0.5, 0.6) is 0 Å². The van der Waals surface area contributed by atoms with Crippen molar-refractivity contribution >= 4 is 5.97 Å². The van der Waals surface area contributed by atoms with Crippen molar-refractivity contribution in [3.63, 3.8) is 0 Å². The second-order valence-corrected chi connectivity index (χ2v) is 13.6. The fourth-order valence-electron chi connectivity index (χ4n) is 6.11. The maximum atomic E-state index is 12.5. The molecule has 1 aliphatic rings. The minimum Gasteiger partial charge on any atom is -0.460 e. The first-order valence-corrected chi connectivity index (χ1v) is 19.2. The van der Waals surface area contributed by atoms with Crippen LogP contribution < -0.4 is 0 Å². The van der Waals surface area contributed by atoms with Crippen molar-refractivity contribution in [3.8, 4) is 0 Å².